The van der Waals surface area contributed by atoms with Crippen LogP contribution < -0.4 is 24.4 Å². The lowest BCUT2D eigenvalue weighted by atomic mass is 9.93. The van der Waals surface area contributed by atoms with E-state index in [1.54, 1.807) is 42.9 Å². The van der Waals surface area contributed by atoms with Crippen molar-refractivity contribution in [1.82, 2.24) is 9.13 Å². The maximum absolute atomic E-state index is 14.4. The lowest BCUT2D eigenvalue weighted by molar-refractivity contribution is -0.138. The fourth-order valence-corrected chi connectivity index (χ4v) is 6.83. The highest BCUT2D eigenvalue weighted by Crippen LogP contribution is 2.38. The van der Waals surface area contributed by atoms with E-state index >= 15 is 0 Å². The number of esters is 1. The summed E-state index contributed by atoms with van der Waals surface area (Å²) in [6.07, 6.45) is 1.84. The van der Waals surface area contributed by atoms with Crippen molar-refractivity contribution in [3.63, 3.8) is 0 Å². The summed E-state index contributed by atoms with van der Waals surface area (Å²) in [5.74, 6) is 0.0904. The molecule has 8 nitrogen and oxygen atoms in total. The summed E-state index contributed by atoms with van der Waals surface area (Å²) in [5.41, 5.74) is 5.20. The van der Waals surface area contributed by atoms with Gasteiger partial charge in [0.2, 0.25) is 0 Å². The normalized spacial score (nSPS) is 14.6. The summed E-state index contributed by atoms with van der Waals surface area (Å²) in [4.78, 5) is 33.5. The molecule has 1 aliphatic heterocycles. The first-order valence-electron chi connectivity index (χ1n) is 14.7. The first kappa shape index (κ1) is 30.8. The highest BCUT2D eigenvalue weighted by molar-refractivity contribution is 7.07. The number of ether oxygens (including phenoxy) is 3. The molecule has 1 unspecified atom stereocenters. The van der Waals surface area contributed by atoms with Gasteiger partial charge in [0, 0.05) is 22.6 Å². The summed E-state index contributed by atoms with van der Waals surface area (Å²) in [5, 5.41) is 0. The molecule has 1 atom stereocenters. The smallest absolute Gasteiger partial charge is 0.338 e. The van der Waals surface area contributed by atoms with E-state index < -0.39 is 12.0 Å². The lowest BCUT2D eigenvalue weighted by Gasteiger charge is -2.26. The number of benzene rings is 3. The second kappa shape index (κ2) is 12.6. The molecule has 0 aliphatic carbocycles. The molecule has 0 saturated carbocycles. The average Bonchev–Trinajstić information content (AvgIpc) is 3.53. The summed E-state index contributed by atoms with van der Waals surface area (Å²) in [6, 6.07) is 22.1. The first-order chi connectivity index (χ1) is 22.2. The molecule has 0 saturated heterocycles. The van der Waals surface area contributed by atoms with Gasteiger partial charge in [0.1, 0.15) is 5.82 Å². The number of aryl methyl sites for hydroxylation is 1. The van der Waals surface area contributed by atoms with Crippen LogP contribution in [-0.4, -0.2) is 35.9 Å². The Kier molecular flexibility index (Phi) is 8.46. The van der Waals surface area contributed by atoms with Gasteiger partial charge in [-0.1, -0.05) is 47.7 Å². The number of fused-ring (bicyclic) bond motifs is 1. The van der Waals surface area contributed by atoms with E-state index in [9.17, 15) is 14.0 Å². The van der Waals surface area contributed by atoms with Gasteiger partial charge in [-0.2, -0.15) is 0 Å². The van der Waals surface area contributed by atoms with Crippen LogP contribution in [0.4, 0.5) is 4.39 Å². The number of methoxy groups -OCH3 is 2. The van der Waals surface area contributed by atoms with Gasteiger partial charge in [-0.05, 0) is 80.4 Å². The monoisotopic (exact) mass is 637 g/mol. The molecule has 1 aliphatic rings. The van der Waals surface area contributed by atoms with Crippen molar-refractivity contribution in [1.29, 1.82) is 0 Å². The van der Waals surface area contributed by atoms with Gasteiger partial charge in [-0.25, -0.2) is 14.2 Å². The van der Waals surface area contributed by atoms with Crippen LogP contribution >= 0.6 is 11.3 Å². The van der Waals surface area contributed by atoms with Crippen molar-refractivity contribution in [3.05, 3.63) is 138 Å². The van der Waals surface area contributed by atoms with E-state index in [2.05, 4.69) is 0 Å². The maximum Gasteiger partial charge on any atom is 0.338 e. The van der Waals surface area contributed by atoms with Crippen LogP contribution in [0, 0.1) is 19.7 Å². The molecular weight excluding hydrogens is 605 g/mol. The number of hydrogen-bond acceptors (Lipinski definition) is 7. The maximum atomic E-state index is 14.4. The molecule has 0 fully saturated rings. The predicted octanol–water partition coefficient (Wildman–Crippen LogP) is 5.50. The molecule has 5 aromatic rings. The average molecular weight is 638 g/mol. The molecule has 234 valence electrons. The van der Waals surface area contributed by atoms with Crippen LogP contribution in [0.3, 0.4) is 0 Å². The topological polar surface area (TPSA) is 84.1 Å². The van der Waals surface area contributed by atoms with Gasteiger partial charge in [0.15, 0.2) is 16.3 Å². The molecule has 46 heavy (non-hydrogen) atoms. The fraction of sp³-hybridized carbons (Fsp3) is 0.194. The van der Waals surface area contributed by atoms with Gasteiger partial charge < -0.3 is 18.8 Å². The predicted molar refractivity (Wildman–Crippen MR) is 176 cm³/mol. The Morgan fingerprint density at radius 1 is 0.978 bits per heavy atom. The van der Waals surface area contributed by atoms with Crippen molar-refractivity contribution in [2.24, 2.45) is 4.99 Å². The Labute approximate surface area is 269 Å². The van der Waals surface area contributed by atoms with E-state index in [0.717, 1.165) is 28.2 Å². The van der Waals surface area contributed by atoms with Crippen molar-refractivity contribution >= 4 is 29.1 Å². The molecule has 3 heterocycles. The van der Waals surface area contributed by atoms with Crippen molar-refractivity contribution in [2.75, 3.05) is 20.8 Å². The first-order valence-corrected chi connectivity index (χ1v) is 15.5. The second-order valence-electron chi connectivity index (χ2n) is 10.7. The largest absolute Gasteiger partial charge is 0.493 e. The fourth-order valence-electron chi connectivity index (χ4n) is 5.84. The highest BCUT2D eigenvalue weighted by atomic mass is 32.1. The zero-order valence-corrected chi connectivity index (χ0v) is 26.9. The van der Waals surface area contributed by atoms with Crippen LogP contribution in [0.25, 0.3) is 17.5 Å². The third-order valence-electron chi connectivity index (χ3n) is 7.94. The molecule has 2 aromatic heterocycles. The molecule has 6 rings (SSSR count). The van der Waals surface area contributed by atoms with Crippen LogP contribution in [0.1, 0.15) is 41.0 Å². The third-order valence-corrected chi connectivity index (χ3v) is 8.92. The molecule has 0 radical (unpaired) electrons. The second-order valence-corrected chi connectivity index (χ2v) is 11.7. The zero-order valence-electron chi connectivity index (χ0n) is 26.0. The molecule has 3 aromatic carbocycles. The lowest BCUT2D eigenvalue weighted by Crippen LogP contribution is -2.40. The van der Waals surface area contributed by atoms with Gasteiger partial charge in [-0.3, -0.25) is 9.36 Å². The van der Waals surface area contributed by atoms with E-state index in [0.29, 0.717) is 32.1 Å². The van der Waals surface area contributed by atoms with Crippen LogP contribution in [0.15, 0.2) is 94.2 Å². The molecule has 0 spiro atoms. The summed E-state index contributed by atoms with van der Waals surface area (Å²) in [6.45, 7) is 5.81. The van der Waals surface area contributed by atoms with Gasteiger partial charge in [0.05, 0.1) is 42.7 Å². The van der Waals surface area contributed by atoms with Crippen molar-refractivity contribution < 1.29 is 23.4 Å². The number of hydrogen-bond donors (Lipinski definition) is 0. The van der Waals surface area contributed by atoms with E-state index in [1.807, 2.05) is 67.0 Å². The Balaban J connectivity index is 1.61. The standard InChI is InChI=1S/C36H32FN3O5S/c1-6-45-35(42)31-32(23-10-8-7-9-11-23)38-36-40(33(31)24-12-17-28(43-4)29(19-24)44-5)34(41)30(46-36)20-25-18-21(2)39(22(25)3)27-15-13-26(37)14-16-27/h7-20,33H,6H2,1-5H3/b30-20+. The van der Waals surface area contributed by atoms with Crippen molar-refractivity contribution in [2.45, 2.75) is 26.8 Å². The molecule has 0 amide bonds. The molecule has 0 bridgehead atoms. The number of thiazole rings is 1. The SMILES string of the molecule is CCOC(=O)C1=C(c2ccccc2)N=c2s/c(=C/c3cc(C)n(-c4ccc(F)cc4)c3C)c(=O)n2C1c1ccc(OC)c(OC)c1. The van der Waals surface area contributed by atoms with E-state index in [-0.39, 0.29) is 23.6 Å². The summed E-state index contributed by atoms with van der Waals surface area (Å²) < 4.78 is 34.3. The van der Waals surface area contributed by atoms with Gasteiger partial charge in [0.25, 0.3) is 5.56 Å². The van der Waals surface area contributed by atoms with Crippen LogP contribution in [0.5, 0.6) is 11.5 Å². The number of rotatable bonds is 8. The van der Waals surface area contributed by atoms with Crippen LogP contribution in [0.2, 0.25) is 0 Å². The number of aromatic nitrogens is 2. The molecular formula is C36H32FN3O5S. The number of nitrogens with zero attached hydrogens (tertiary/aromatic N) is 3. The number of carbonyl (C=O) groups excluding carboxylic acids is 1. The molecule has 10 heteroatoms. The Morgan fingerprint density at radius 2 is 1.70 bits per heavy atom. The minimum absolute atomic E-state index is 0.150. The van der Waals surface area contributed by atoms with Gasteiger partial charge in [-0.15, -0.1) is 0 Å². The number of halogens is 1. The molecule has 0 N–H and O–H groups in total. The summed E-state index contributed by atoms with van der Waals surface area (Å²) >= 11 is 1.25. The van der Waals surface area contributed by atoms with Crippen LogP contribution in [-0.2, 0) is 9.53 Å². The third kappa shape index (κ3) is 5.45. The Morgan fingerprint density at radius 3 is 2.37 bits per heavy atom. The minimum Gasteiger partial charge on any atom is -0.493 e. The zero-order chi connectivity index (χ0) is 32.5. The Hall–Kier alpha value is -5.22. The highest BCUT2D eigenvalue weighted by Gasteiger charge is 2.35. The van der Waals surface area contributed by atoms with E-state index in [1.165, 1.54) is 30.6 Å². The van der Waals surface area contributed by atoms with E-state index in [4.69, 9.17) is 19.2 Å². The van der Waals surface area contributed by atoms with Gasteiger partial charge >= 0.3 is 5.97 Å². The minimum atomic E-state index is -0.862. The quantitative estimate of drug-likeness (QED) is 0.210. The summed E-state index contributed by atoms with van der Waals surface area (Å²) in [7, 11) is 3.08. The van der Waals surface area contributed by atoms with Crippen molar-refractivity contribution in [3.8, 4) is 17.2 Å². The Bertz CT molecular complexity index is 2160. The number of carbonyl (C=O) groups is 1.